The van der Waals surface area contributed by atoms with E-state index in [-0.39, 0.29) is 11.2 Å². The second-order valence-electron chi connectivity index (χ2n) is 1.11. The highest BCUT2D eigenvalue weighted by Gasteiger charge is 2.17. The molecule has 0 spiro atoms. The molecule has 0 aliphatic rings. The summed E-state index contributed by atoms with van der Waals surface area (Å²) in [6.07, 6.45) is 0.542. The third-order valence-electron chi connectivity index (χ3n) is 0.630. The van der Waals surface area contributed by atoms with E-state index >= 15 is 0 Å². The molecule has 5 heteroatoms. The van der Waals surface area contributed by atoms with Crippen LogP contribution in [-0.4, -0.2) is 23.4 Å². The molecule has 0 radical (unpaired) electrons. The van der Waals surface area contributed by atoms with Crippen LogP contribution in [0.5, 0.6) is 0 Å². The summed E-state index contributed by atoms with van der Waals surface area (Å²) in [5.74, 6) is 0. The first kappa shape index (κ1) is 7.61. The van der Waals surface area contributed by atoms with Crippen molar-refractivity contribution in [3.8, 4) is 0 Å². The number of hydrogen-bond donors (Lipinski definition) is 1. The van der Waals surface area contributed by atoms with Crippen molar-refractivity contribution in [2.75, 3.05) is 7.11 Å². The van der Waals surface area contributed by atoms with Crippen molar-refractivity contribution < 1.29 is 19.7 Å². The lowest BCUT2D eigenvalue weighted by Crippen LogP contribution is -2.06. The Hall–Kier alpha value is -1.39. The fourth-order valence-corrected chi connectivity index (χ4v) is 0.226. The molecule has 9 heavy (non-hydrogen) atoms. The van der Waals surface area contributed by atoms with Gasteiger partial charge in [-0.25, -0.2) is 4.84 Å². The molecule has 0 aromatic rings. The minimum absolute atomic E-state index is 0.104. The van der Waals surface area contributed by atoms with Crippen molar-refractivity contribution in [1.29, 1.82) is 0 Å². The van der Waals surface area contributed by atoms with Gasteiger partial charge in [-0.1, -0.05) is 0 Å². The lowest BCUT2D eigenvalue weighted by molar-refractivity contribution is -0.756. The smallest absolute Gasteiger partial charge is 0.389 e. The molecule has 0 aliphatic heterocycles. The average molecular weight is 132 g/mol. The predicted molar refractivity (Wildman–Crippen MR) is 27.4 cm³/mol. The molecule has 0 amide bonds. The largest absolute Gasteiger partial charge is 0.508 e. The average Bonchev–Trinajstić information content (AvgIpc) is 1.90. The highest BCUT2D eigenvalue weighted by Crippen LogP contribution is 1.88. The minimum Gasteiger partial charge on any atom is -0.508 e. The SMILES string of the molecule is CO[N+](=O)C(C=O)=CO. The van der Waals surface area contributed by atoms with Gasteiger partial charge in [0.05, 0.1) is 4.91 Å². The van der Waals surface area contributed by atoms with Gasteiger partial charge in [0.1, 0.15) is 0 Å². The number of allylic oxidation sites excluding steroid dienone is 1. The quantitative estimate of drug-likeness (QED) is 0.252. The molecule has 0 bridgehead atoms. The Bertz CT molecular complexity index is 151. The minimum atomic E-state index is -0.475. The number of aldehydes is 1. The van der Waals surface area contributed by atoms with Crippen LogP contribution in [0.4, 0.5) is 0 Å². The lowest BCUT2D eigenvalue weighted by Gasteiger charge is -1.80. The number of carbonyl (C=O) groups is 1. The molecule has 0 fully saturated rings. The number of nitrogens with zero attached hydrogens (tertiary/aromatic N) is 1. The van der Waals surface area contributed by atoms with Gasteiger partial charge in [0, 0.05) is 0 Å². The molecule has 0 heterocycles. The second kappa shape index (κ2) is 3.59. The van der Waals surface area contributed by atoms with Gasteiger partial charge >= 0.3 is 5.70 Å². The van der Waals surface area contributed by atoms with Crippen LogP contribution in [0.1, 0.15) is 0 Å². The van der Waals surface area contributed by atoms with E-state index in [1.807, 2.05) is 0 Å². The van der Waals surface area contributed by atoms with Crippen LogP contribution in [-0.2, 0) is 9.63 Å². The number of aliphatic hydroxyl groups excluding tert-OH is 1. The molecule has 0 aromatic heterocycles. The van der Waals surface area contributed by atoms with Gasteiger partial charge in [0.25, 0.3) is 4.92 Å². The molecule has 0 atom stereocenters. The van der Waals surface area contributed by atoms with Gasteiger partial charge in [-0.15, -0.1) is 0 Å². The van der Waals surface area contributed by atoms with Crippen LogP contribution >= 0.6 is 0 Å². The molecule has 0 aliphatic carbocycles. The molecular formula is C4H6NO4+. The zero-order valence-corrected chi connectivity index (χ0v) is 4.77. The lowest BCUT2D eigenvalue weighted by atomic mass is 10.6. The Morgan fingerprint density at radius 3 is 2.44 bits per heavy atom. The molecular weight excluding hydrogens is 126 g/mol. The van der Waals surface area contributed by atoms with Crippen LogP contribution in [0.2, 0.25) is 0 Å². The van der Waals surface area contributed by atoms with Crippen molar-refractivity contribution in [1.82, 2.24) is 0 Å². The van der Waals surface area contributed by atoms with E-state index in [0.717, 1.165) is 7.11 Å². The number of rotatable bonds is 3. The van der Waals surface area contributed by atoms with Gasteiger partial charge < -0.3 is 5.11 Å². The Balaban J connectivity index is 4.14. The van der Waals surface area contributed by atoms with Crippen LogP contribution in [0.25, 0.3) is 0 Å². The molecule has 0 saturated carbocycles. The van der Waals surface area contributed by atoms with E-state index < -0.39 is 5.70 Å². The monoisotopic (exact) mass is 132 g/mol. The van der Waals surface area contributed by atoms with E-state index in [1.165, 1.54) is 0 Å². The van der Waals surface area contributed by atoms with E-state index in [4.69, 9.17) is 5.11 Å². The highest BCUT2D eigenvalue weighted by molar-refractivity contribution is 5.68. The Kier molecular flexibility index (Phi) is 3.04. The van der Waals surface area contributed by atoms with E-state index in [0.29, 0.717) is 6.26 Å². The van der Waals surface area contributed by atoms with Crippen molar-refractivity contribution in [2.45, 2.75) is 0 Å². The zero-order chi connectivity index (χ0) is 7.28. The van der Waals surface area contributed by atoms with E-state index in [2.05, 4.69) is 4.84 Å². The maximum absolute atomic E-state index is 10.2. The fraction of sp³-hybridized carbons (Fsp3) is 0.250. The topological polar surface area (TPSA) is 66.6 Å². The zero-order valence-electron chi connectivity index (χ0n) is 4.77. The van der Waals surface area contributed by atoms with Crippen LogP contribution in [0, 0.1) is 4.91 Å². The van der Waals surface area contributed by atoms with Gasteiger partial charge in [-0.3, -0.25) is 4.79 Å². The van der Waals surface area contributed by atoms with Gasteiger partial charge in [-0.2, -0.15) is 0 Å². The second-order valence-corrected chi connectivity index (χ2v) is 1.11. The molecule has 1 N–H and O–H groups in total. The van der Waals surface area contributed by atoms with Crippen LogP contribution in [0.3, 0.4) is 0 Å². The van der Waals surface area contributed by atoms with Gasteiger partial charge in [0.15, 0.2) is 13.4 Å². The number of carbonyl (C=O) groups excluding carboxylic acids is 1. The molecule has 0 rings (SSSR count). The Morgan fingerprint density at radius 2 is 2.33 bits per heavy atom. The molecule has 5 nitrogen and oxygen atoms in total. The summed E-state index contributed by atoms with van der Waals surface area (Å²) in [6, 6.07) is 0. The maximum atomic E-state index is 10.2. The molecule has 0 aromatic carbocycles. The van der Waals surface area contributed by atoms with Crippen molar-refractivity contribution in [2.24, 2.45) is 0 Å². The molecule has 50 valence electrons. The number of aliphatic hydroxyl groups is 1. The number of hydrogen-bond acceptors (Lipinski definition) is 4. The summed E-state index contributed by atoms with van der Waals surface area (Å²) in [5.41, 5.74) is -0.475. The van der Waals surface area contributed by atoms with Gasteiger partial charge in [0.2, 0.25) is 6.29 Å². The first-order valence-corrected chi connectivity index (χ1v) is 2.07. The normalized spacial score (nSPS) is 10.6. The van der Waals surface area contributed by atoms with Crippen LogP contribution < -0.4 is 0 Å². The summed E-state index contributed by atoms with van der Waals surface area (Å²) in [5, 5.41) is 8.11. The van der Waals surface area contributed by atoms with Crippen molar-refractivity contribution >= 4 is 6.29 Å². The van der Waals surface area contributed by atoms with Crippen molar-refractivity contribution in [3.05, 3.63) is 16.9 Å². The highest BCUT2D eigenvalue weighted by atomic mass is 16.8. The van der Waals surface area contributed by atoms with Gasteiger partial charge in [-0.05, 0) is 0 Å². The predicted octanol–water partition coefficient (Wildman–Crippen LogP) is -0.0750. The van der Waals surface area contributed by atoms with E-state index in [9.17, 15) is 9.70 Å². The van der Waals surface area contributed by atoms with Crippen LogP contribution in [0.15, 0.2) is 12.0 Å². The fourth-order valence-electron chi connectivity index (χ4n) is 0.226. The third kappa shape index (κ3) is 1.89. The maximum Gasteiger partial charge on any atom is 0.389 e. The third-order valence-corrected chi connectivity index (χ3v) is 0.630. The first-order valence-electron chi connectivity index (χ1n) is 2.07. The summed E-state index contributed by atoms with van der Waals surface area (Å²) in [4.78, 5) is 23.9. The van der Waals surface area contributed by atoms with Crippen molar-refractivity contribution in [3.63, 3.8) is 0 Å². The Labute approximate surface area is 51.1 Å². The summed E-state index contributed by atoms with van der Waals surface area (Å²) >= 11 is 0. The summed E-state index contributed by atoms with van der Waals surface area (Å²) in [7, 11) is 1.08. The standard InChI is InChI=1S/C4H5NO4/c1-9-5(8)4(2-6)3-7/h2-3H,1H3/p+1. The molecule has 0 unspecified atom stereocenters. The molecule has 0 saturated heterocycles. The van der Waals surface area contributed by atoms with E-state index in [1.54, 1.807) is 0 Å². The summed E-state index contributed by atoms with van der Waals surface area (Å²) in [6.45, 7) is 0. The summed E-state index contributed by atoms with van der Waals surface area (Å²) < 4.78 is 0. The Morgan fingerprint density at radius 1 is 1.78 bits per heavy atom. The first-order chi connectivity index (χ1) is 4.26.